The summed E-state index contributed by atoms with van der Waals surface area (Å²) >= 11 is 0. The van der Waals surface area contributed by atoms with Crippen LogP contribution in [0.4, 0.5) is 13.2 Å². The van der Waals surface area contributed by atoms with E-state index in [1.165, 1.54) is 0 Å². The first kappa shape index (κ1) is 10.7. The zero-order chi connectivity index (χ0) is 11.1. The van der Waals surface area contributed by atoms with Crippen LogP contribution in [-0.2, 0) is 4.79 Å². The zero-order valence-electron chi connectivity index (χ0n) is 8.36. The highest BCUT2D eigenvalue weighted by Crippen LogP contribution is 2.44. The van der Waals surface area contributed by atoms with Crippen LogP contribution in [-0.4, -0.2) is 12.0 Å². The van der Waals surface area contributed by atoms with Crippen LogP contribution < -0.4 is 0 Å². The summed E-state index contributed by atoms with van der Waals surface area (Å²) < 4.78 is 38.1. The van der Waals surface area contributed by atoms with E-state index in [0.717, 1.165) is 18.4 Å². The first-order valence-corrected chi connectivity index (χ1v) is 5.27. The van der Waals surface area contributed by atoms with Crippen molar-refractivity contribution in [2.45, 2.75) is 44.7 Å². The van der Waals surface area contributed by atoms with Crippen molar-refractivity contribution >= 4 is 5.78 Å². The minimum Gasteiger partial charge on any atom is -0.299 e. The van der Waals surface area contributed by atoms with E-state index in [2.05, 4.69) is 0 Å². The molecule has 1 nitrogen and oxygen atoms in total. The molecule has 1 unspecified atom stereocenters. The van der Waals surface area contributed by atoms with Crippen molar-refractivity contribution < 1.29 is 18.0 Å². The van der Waals surface area contributed by atoms with E-state index in [4.69, 9.17) is 0 Å². The first-order chi connectivity index (χ1) is 6.98. The van der Waals surface area contributed by atoms with Crippen molar-refractivity contribution in [3.05, 3.63) is 11.1 Å². The lowest BCUT2D eigenvalue weighted by molar-refractivity contribution is -0.171. The monoisotopic (exact) mass is 218 g/mol. The Morgan fingerprint density at radius 2 is 1.80 bits per heavy atom. The number of alkyl halides is 3. The molecule has 0 aromatic heterocycles. The van der Waals surface area contributed by atoms with E-state index < -0.39 is 12.1 Å². The molecule has 0 spiro atoms. The molecule has 0 saturated carbocycles. The smallest absolute Gasteiger partial charge is 0.299 e. The van der Waals surface area contributed by atoms with Crippen LogP contribution in [0.15, 0.2) is 11.1 Å². The topological polar surface area (TPSA) is 17.1 Å². The Bertz CT molecular complexity index is 314. The minimum atomic E-state index is -4.24. The molecule has 0 heterocycles. The van der Waals surface area contributed by atoms with Crippen LogP contribution in [0.2, 0.25) is 0 Å². The zero-order valence-corrected chi connectivity index (χ0v) is 8.36. The molecule has 4 heteroatoms. The summed E-state index contributed by atoms with van der Waals surface area (Å²) in [5.41, 5.74) is 1.30. The van der Waals surface area contributed by atoms with E-state index >= 15 is 0 Å². The Balaban J connectivity index is 2.33. The molecule has 0 bridgehead atoms. The van der Waals surface area contributed by atoms with E-state index in [0.29, 0.717) is 18.4 Å². The molecule has 2 rings (SSSR count). The number of halogens is 3. The number of hydrogen-bond donors (Lipinski definition) is 0. The maximum absolute atomic E-state index is 12.7. The number of hydrogen-bond acceptors (Lipinski definition) is 1. The van der Waals surface area contributed by atoms with Gasteiger partial charge < -0.3 is 0 Å². The van der Waals surface area contributed by atoms with Gasteiger partial charge in [-0.3, -0.25) is 4.79 Å². The summed E-state index contributed by atoms with van der Waals surface area (Å²) in [6, 6.07) is 0. The van der Waals surface area contributed by atoms with Gasteiger partial charge in [-0.05, 0) is 25.7 Å². The van der Waals surface area contributed by atoms with Gasteiger partial charge in [0.2, 0.25) is 0 Å². The van der Waals surface area contributed by atoms with Crippen LogP contribution in [0, 0.1) is 5.92 Å². The summed E-state index contributed by atoms with van der Waals surface area (Å²) in [4.78, 5) is 11.2. The van der Waals surface area contributed by atoms with Gasteiger partial charge in [0.05, 0.1) is 5.92 Å². The van der Waals surface area contributed by atoms with Gasteiger partial charge >= 0.3 is 6.18 Å². The fourth-order valence-corrected chi connectivity index (χ4v) is 2.59. The summed E-state index contributed by atoms with van der Waals surface area (Å²) in [6.45, 7) is 0. The number of Topliss-reactive ketones (excluding diaryl/α,β-unsaturated/α-hetero) is 1. The van der Waals surface area contributed by atoms with Gasteiger partial charge in [0.1, 0.15) is 5.78 Å². The second-order valence-electron chi connectivity index (χ2n) is 4.35. The highest BCUT2D eigenvalue weighted by molar-refractivity contribution is 5.83. The van der Waals surface area contributed by atoms with E-state index in [1.807, 2.05) is 0 Å². The van der Waals surface area contributed by atoms with Gasteiger partial charge in [0, 0.05) is 12.8 Å². The van der Waals surface area contributed by atoms with Crippen LogP contribution in [0.1, 0.15) is 38.5 Å². The van der Waals surface area contributed by atoms with Gasteiger partial charge in [0.25, 0.3) is 0 Å². The van der Waals surface area contributed by atoms with Crippen molar-refractivity contribution in [3.8, 4) is 0 Å². The SMILES string of the molecule is O=C1CC2=C(CCCC2)C(C(F)(F)F)C1. The summed E-state index contributed by atoms with van der Waals surface area (Å²) in [5.74, 6) is -1.73. The molecule has 0 aromatic rings. The lowest BCUT2D eigenvalue weighted by Gasteiger charge is -2.32. The molecule has 0 aromatic carbocycles. The standard InChI is InChI=1S/C11H13F3O/c12-11(13,14)10-6-8(15)5-7-3-1-2-4-9(7)10/h10H,1-6H2. The normalized spacial score (nSPS) is 27.9. The van der Waals surface area contributed by atoms with Crippen molar-refractivity contribution in [1.29, 1.82) is 0 Å². The van der Waals surface area contributed by atoms with Crippen LogP contribution in [0.25, 0.3) is 0 Å². The summed E-state index contributed by atoms with van der Waals surface area (Å²) in [5, 5.41) is 0. The molecule has 1 atom stereocenters. The van der Waals surface area contributed by atoms with Gasteiger partial charge in [0.15, 0.2) is 0 Å². The predicted octanol–water partition coefficient (Wildman–Crippen LogP) is 3.40. The molecule has 0 aliphatic heterocycles. The van der Waals surface area contributed by atoms with Gasteiger partial charge in [-0.1, -0.05) is 11.1 Å². The molecule has 0 radical (unpaired) electrons. The third-order valence-corrected chi connectivity index (χ3v) is 3.29. The van der Waals surface area contributed by atoms with Crippen molar-refractivity contribution in [1.82, 2.24) is 0 Å². The predicted molar refractivity (Wildman–Crippen MR) is 49.3 cm³/mol. The molecule has 0 fully saturated rings. The lowest BCUT2D eigenvalue weighted by atomic mass is 9.75. The third kappa shape index (κ3) is 2.08. The molecular weight excluding hydrogens is 205 g/mol. The lowest BCUT2D eigenvalue weighted by Crippen LogP contribution is -2.32. The first-order valence-electron chi connectivity index (χ1n) is 5.27. The largest absolute Gasteiger partial charge is 0.395 e. The molecule has 2 aliphatic carbocycles. The number of carbonyl (C=O) groups excluding carboxylic acids is 1. The van der Waals surface area contributed by atoms with Crippen molar-refractivity contribution in [2.75, 3.05) is 0 Å². The average molecular weight is 218 g/mol. The second kappa shape index (κ2) is 3.65. The van der Waals surface area contributed by atoms with Gasteiger partial charge in [-0.2, -0.15) is 13.2 Å². The number of allylic oxidation sites excluding steroid dienone is 2. The maximum Gasteiger partial charge on any atom is 0.395 e. The minimum absolute atomic E-state index is 0.252. The van der Waals surface area contributed by atoms with Crippen LogP contribution >= 0.6 is 0 Å². The Hall–Kier alpha value is -0.800. The van der Waals surface area contributed by atoms with Crippen molar-refractivity contribution in [3.63, 3.8) is 0 Å². The fourth-order valence-electron chi connectivity index (χ4n) is 2.59. The third-order valence-electron chi connectivity index (χ3n) is 3.29. The highest BCUT2D eigenvalue weighted by Gasteiger charge is 2.46. The quantitative estimate of drug-likeness (QED) is 0.569. The summed E-state index contributed by atoms with van der Waals surface area (Å²) in [7, 11) is 0. The maximum atomic E-state index is 12.7. The van der Waals surface area contributed by atoms with E-state index in [-0.39, 0.29) is 18.6 Å². The molecular formula is C11H13F3O. The highest BCUT2D eigenvalue weighted by atomic mass is 19.4. The van der Waals surface area contributed by atoms with Crippen molar-refractivity contribution in [2.24, 2.45) is 5.92 Å². The van der Waals surface area contributed by atoms with E-state index in [1.54, 1.807) is 0 Å². The molecule has 0 N–H and O–H groups in total. The van der Waals surface area contributed by atoms with Gasteiger partial charge in [-0.15, -0.1) is 0 Å². The second-order valence-corrected chi connectivity index (χ2v) is 4.35. The van der Waals surface area contributed by atoms with Crippen LogP contribution in [0.5, 0.6) is 0 Å². The molecule has 0 saturated heterocycles. The molecule has 15 heavy (non-hydrogen) atoms. The Kier molecular flexibility index (Phi) is 2.61. The average Bonchev–Trinajstić information content (AvgIpc) is 2.15. The number of rotatable bonds is 0. The van der Waals surface area contributed by atoms with Gasteiger partial charge in [-0.25, -0.2) is 0 Å². The Morgan fingerprint density at radius 3 is 2.47 bits per heavy atom. The molecule has 84 valence electrons. The van der Waals surface area contributed by atoms with E-state index in [9.17, 15) is 18.0 Å². The number of carbonyl (C=O) groups is 1. The molecule has 2 aliphatic rings. The number of ketones is 1. The summed E-state index contributed by atoms with van der Waals surface area (Å²) in [6.07, 6.45) is -1.32. The Morgan fingerprint density at radius 1 is 1.13 bits per heavy atom. The Labute approximate surface area is 86.3 Å². The molecule has 0 amide bonds. The van der Waals surface area contributed by atoms with Crippen LogP contribution in [0.3, 0.4) is 0 Å². The fraction of sp³-hybridized carbons (Fsp3) is 0.727.